The number of nitrogens with zero attached hydrogens (tertiary/aromatic N) is 5. The predicted octanol–water partition coefficient (Wildman–Crippen LogP) is 2.84. The molecule has 0 saturated carbocycles. The summed E-state index contributed by atoms with van der Waals surface area (Å²) in [5.74, 6) is 1.66. The summed E-state index contributed by atoms with van der Waals surface area (Å²) >= 11 is 0. The first kappa shape index (κ1) is 19.1. The second-order valence-corrected chi connectivity index (χ2v) is 7.35. The highest BCUT2D eigenvalue weighted by molar-refractivity contribution is 6.09. The number of aliphatic hydroxyl groups excluding tert-OH is 1. The van der Waals surface area contributed by atoms with Crippen molar-refractivity contribution in [3.05, 3.63) is 53.9 Å². The van der Waals surface area contributed by atoms with E-state index in [9.17, 15) is 9.90 Å². The van der Waals surface area contributed by atoms with Gasteiger partial charge in [-0.15, -0.1) is 10.2 Å². The number of rotatable bonds is 6. The van der Waals surface area contributed by atoms with E-state index in [2.05, 4.69) is 15.2 Å². The quantitative estimate of drug-likeness (QED) is 0.692. The molecular formula is C21H23N5O3. The van der Waals surface area contributed by atoms with Gasteiger partial charge in [0.05, 0.1) is 25.3 Å². The maximum atomic E-state index is 13.0. The van der Waals surface area contributed by atoms with Gasteiger partial charge < -0.3 is 14.4 Å². The Kier molecular flexibility index (Phi) is 5.02. The van der Waals surface area contributed by atoms with Crippen LogP contribution in [0, 0.1) is 0 Å². The molecule has 1 unspecified atom stereocenters. The molecule has 1 aliphatic rings. The van der Waals surface area contributed by atoms with Crippen LogP contribution in [0.1, 0.15) is 42.7 Å². The third-order valence-electron chi connectivity index (χ3n) is 4.81. The number of hydrogen-bond donors (Lipinski definition) is 1. The second kappa shape index (κ2) is 7.63. The highest BCUT2D eigenvalue weighted by Crippen LogP contribution is 2.31. The van der Waals surface area contributed by atoms with Crippen LogP contribution in [-0.2, 0) is 6.54 Å². The van der Waals surface area contributed by atoms with Gasteiger partial charge in [-0.05, 0) is 50.6 Å². The molecule has 29 heavy (non-hydrogen) atoms. The van der Waals surface area contributed by atoms with E-state index in [1.54, 1.807) is 27.9 Å². The van der Waals surface area contributed by atoms with Gasteiger partial charge in [0.25, 0.3) is 5.91 Å². The second-order valence-electron chi connectivity index (χ2n) is 7.35. The zero-order chi connectivity index (χ0) is 20.5. The third kappa shape index (κ3) is 3.58. The first-order chi connectivity index (χ1) is 14.0. The molecule has 2 aromatic heterocycles. The van der Waals surface area contributed by atoms with Gasteiger partial charge in [0.2, 0.25) is 0 Å². The minimum absolute atomic E-state index is 0.0363. The normalized spacial score (nSPS) is 14.4. The summed E-state index contributed by atoms with van der Waals surface area (Å²) in [4.78, 5) is 19.3. The molecule has 0 aliphatic carbocycles. The van der Waals surface area contributed by atoms with Crippen LogP contribution in [0.25, 0.3) is 11.5 Å². The number of amides is 1. The number of benzene rings is 1. The summed E-state index contributed by atoms with van der Waals surface area (Å²) in [5, 5.41) is 17.5. The van der Waals surface area contributed by atoms with Crippen LogP contribution in [-0.4, -0.2) is 43.5 Å². The minimum Gasteiger partial charge on any atom is -0.491 e. The highest BCUT2D eigenvalue weighted by atomic mass is 16.5. The topological polar surface area (TPSA) is 93.4 Å². The van der Waals surface area contributed by atoms with Gasteiger partial charge in [0, 0.05) is 5.56 Å². The van der Waals surface area contributed by atoms with E-state index in [4.69, 9.17) is 4.74 Å². The van der Waals surface area contributed by atoms with Gasteiger partial charge in [0.1, 0.15) is 23.6 Å². The van der Waals surface area contributed by atoms with Gasteiger partial charge in [-0.25, -0.2) is 4.98 Å². The molecule has 0 saturated heterocycles. The Bertz CT molecular complexity index is 1050. The largest absolute Gasteiger partial charge is 0.491 e. The van der Waals surface area contributed by atoms with E-state index in [1.165, 1.54) is 0 Å². The number of carbonyl (C=O) groups is 1. The van der Waals surface area contributed by atoms with Crippen LogP contribution in [0.2, 0.25) is 0 Å². The fourth-order valence-electron chi connectivity index (χ4n) is 3.35. The first-order valence-electron chi connectivity index (χ1n) is 9.57. The zero-order valence-corrected chi connectivity index (χ0v) is 16.6. The van der Waals surface area contributed by atoms with Crippen molar-refractivity contribution in [1.82, 2.24) is 19.7 Å². The molecule has 8 heteroatoms. The highest BCUT2D eigenvalue weighted by Gasteiger charge is 2.30. The Morgan fingerprint density at radius 3 is 2.79 bits per heavy atom. The summed E-state index contributed by atoms with van der Waals surface area (Å²) in [5.41, 5.74) is 2.16. The number of ether oxygens (including phenoxy) is 1. The summed E-state index contributed by atoms with van der Waals surface area (Å²) in [7, 11) is 0. The summed E-state index contributed by atoms with van der Waals surface area (Å²) in [6.07, 6.45) is 1.61. The van der Waals surface area contributed by atoms with Crippen LogP contribution >= 0.6 is 0 Å². The lowest BCUT2D eigenvalue weighted by Gasteiger charge is -2.16. The van der Waals surface area contributed by atoms with Gasteiger partial charge in [-0.3, -0.25) is 9.69 Å². The first-order valence-corrected chi connectivity index (χ1v) is 9.57. The van der Waals surface area contributed by atoms with Crippen molar-refractivity contribution < 1.29 is 14.6 Å². The van der Waals surface area contributed by atoms with E-state index >= 15 is 0 Å². The Labute approximate surface area is 168 Å². The lowest BCUT2D eigenvalue weighted by atomic mass is 10.1. The fourth-order valence-corrected chi connectivity index (χ4v) is 3.35. The Hall–Kier alpha value is -3.26. The molecule has 4 rings (SSSR count). The summed E-state index contributed by atoms with van der Waals surface area (Å²) in [6, 6.07) is 10.9. The molecule has 0 radical (unpaired) electrons. The van der Waals surface area contributed by atoms with Gasteiger partial charge in [0.15, 0.2) is 5.82 Å². The SMILES string of the molecule is CC(C)Oc1ccc2c(c1)C(=O)N(c1cccc(-c3nncn3C(C)CO)n1)C2. The van der Waals surface area contributed by atoms with E-state index < -0.39 is 0 Å². The van der Waals surface area contributed by atoms with E-state index in [-0.39, 0.29) is 24.7 Å². The van der Waals surface area contributed by atoms with Crippen molar-refractivity contribution in [3.8, 4) is 17.3 Å². The number of pyridine rings is 1. The van der Waals surface area contributed by atoms with Crippen LogP contribution in [0.15, 0.2) is 42.7 Å². The molecule has 0 fully saturated rings. The minimum atomic E-state index is -0.178. The Balaban J connectivity index is 1.64. The Morgan fingerprint density at radius 1 is 1.21 bits per heavy atom. The molecule has 1 amide bonds. The van der Waals surface area contributed by atoms with Crippen LogP contribution in [0.4, 0.5) is 5.82 Å². The Morgan fingerprint density at radius 2 is 2.03 bits per heavy atom. The standard InChI is InChI=1S/C21H23N5O3/c1-13(2)29-16-8-7-15-10-25(21(28)17(15)9-16)19-6-4-5-18(23-19)20-24-22-12-26(20)14(3)11-27/h4-9,12-14,27H,10-11H2,1-3H3. The molecule has 1 aliphatic heterocycles. The van der Waals surface area contributed by atoms with Crippen LogP contribution < -0.4 is 9.64 Å². The third-order valence-corrected chi connectivity index (χ3v) is 4.81. The zero-order valence-electron chi connectivity index (χ0n) is 16.6. The van der Waals surface area contributed by atoms with Crippen LogP contribution in [0.3, 0.4) is 0 Å². The summed E-state index contributed by atoms with van der Waals surface area (Å²) in [6.45, 7) is 6.19. The van der Waals surface area contributed by atoms with Crippen LogP contribution in [0.5, 0.6) is 5.75 Å². The number of fused-ring (bicyclic) bond motifs is 1. The lowest BCUT2D eigenvalue weighted by molar-refractivity contribution is 0.0995. The maximum Gasteiger partial charge on any atom is 0.260 e. The van der Waals surface area contributed by atoms with Crippen molar-refractivity contribution in [3.63, 3.8) is 0 Å². The fraction of sp³-hybridized carbons (Fsp3) is 0.333. The molecule has 1 aromatic carbocycles. The number of aliphatic hydroxyl groups is 1. The average Bonchev–Trinajstić information content (AvgIpc) is 3.32. The monoisotopic (exact) mass is 393 g/mol. The number of anilines is 1. The van der Waals surface area contributed by atoms with Crippen molar-refractivity contribution in [2.75, 3.05) is 11.5 Å². The number of carbonyl (C=O) groups excluding carboxylic acids is 1. The molecule has 150 valence electrons. The van der Waals surface area contributed by atoms with Gasteiger partial charge in [-0.1, -0.05) is 12.1 Å². The van der Waals surface area contributed by atoms with E-state index in [0.717, 1.165) is 5.56 Å². The lowest BCUT2D eigenvalue weighted by Crippen LogP contribution is -2.24. The smallest absolute Gasteiger partial charge is 0.260 e. The average molecular weight is 393 g/mol. The number of aromatic nitrogens is 4. The molecule has 1 N–H and O–H groups in total. The molecule has 1 atom stereocenters. The van der Waals surface area contributed by atoms with Gasteiger partial charge in [-0.2, -0.15) is 0 Å². The molecule has 8 nitrogen and oxygen atoms in total. The molecule has 3 aromatic rings. The van der Waals surface area contributed by atoms with E-state index in [1.807, 2.05) is 45.0 Å². The van der Waals surface area contributed by atoms with Crippen molar-refractivity contribution in [1.29, 1.82) is 0 Å². The molecule has 3 heterocycles. The molecule has 0 bridgehead atoms. The molecule has 0 spiro atoms. The predicted molar refractivity (Wildman–Crippen MR) is 108 cm³/mol. The maximum absolute atomic E-state index is 13.0. The van der Waals surface area contributed by atoms with Gasteiger partial charge >= 0.3 is 0 Å². The number of hydrogen-bond acceptors (Lipinski definition) is 6. The molecular weight excluding hydrogens is 370 g/mol. The van der Waals surface area contributed by atoms with E-state index in [0.29, 0.717) is 35.2 Å². The van der Waals surface area contributed by atoms with Crippen molar-refractivity contribution in [2.45, 2.75) is 39.5 Å². The summed E-state index contributed by atoms with van der Waals surface area (Å²) < 4.78 is 7.48. The van der Waals surface area contributed by atoms with Crippen molar-refractivity contribution >= 4 is 11.7 Å². The van der Waals surface area contributed by atoms with Crippen molar-refractivity contribution in [2.24, 2.45) is 0 Å².